The van der Waals surface area contributed by atoms with E-state index in [1.807, 2.05) is 0 Å². The molecule has 96 valence electrons. The SMILES string of the molecule is CCCC1CN(CC(CC)CC)C(C)CN1. The monoisotopic (exact) mass is 226 g/mol. The molecule has 1 heterocycles. The van der Waals surface area contributed by atoms with Gasteiger partial charge in [0, 0.05) is 31.7 Å². The first-order valence-corrected chi connectivity index (χ1v) is 7.18. The molecule has 1 aliphatic heterocycles. The molecule has 0 amide bonds. The summed E-state index contributed by atoms with van der Waals surface area (Å²) >= 11 is 0. The van der Waals surface area contributed by atoms with E-state index < -0.39 is 0 Å². The summed E-state index contributed by atoms with van der Waals surface area (Å²) in [5, 5.41) is 3.67. The lowest BCUT2D eigenvalue weighted by molar-refractivity contribution is 0.114. The molecule has 1 rings (SSSR count). The van der Waals surface area contributed by atoms with E-state index in [1.54, 1.807) is 0 Å². The van der Waals surface area contributed by atoms with Crippen LogP contribution in [-0.4, -0.2) is 36.6 Å². The summed E-state index contributed by atoms with van der Waals surface area (Å²) in [6, 6.07) is 1.45. The smallest absolute Gasteiger partial charge is 0.0195 e. The van der Waals surface area contributed by atoms with Gasteiger partial charge in [0.25, 0.3) is 0 Å². The van der Waals surface area contributed by atoms with Crippen molar-refractivity contribution in [1.29, 1.82) is 0 Å². The molecule has 2 heteroatoms. The van der Waals surface area contributed by atoms with Crippen molar-refractivity contribution in [3.8, 4) is 0 Å². The number of nitrogens with one attached hydrogen (secondary N) is 1. The molecule has 2 nitrogen and oxygen atoms in total. The molecule has 1 fully saturated rings. The van der Waals surface area contributed by atoms with Crippen LogP contribution in [-0.2, 0) is 0 Å². The summed E-state index contributed by atoms with van der Waals surface area (Å²) in [7, 11) is 0. The molecule has 2 unspecified atom stereocenters. The number of rotatable bonds is 6. The van der Waals surface area contributed by atoms with Crippen LogP contribution in [0.15, 0.2) is 0 Å². The lowest BCUT2D eigenvalue weighted by Crippen LogP contribution is -2.56. The van der Waals surface area contributed by atoms with Gasteiger partial charge in [-0.1, -0.05) is 40.0 Å². The van der Waals surface area contributed by atoms with Crippen LogP contribution in [0.25, 0.3) is 0 Å². The highest BCUT2D eigenvalue weighted by Gasteiger charge is 2.25. The molecule has 0 radical (unpaired) electrons. The Bertz CT molecular complexity index is 178. The van der Waals surface area contributed by atoms with E-state index >= 15 is 0 Å². The highest BCUT2D eigenvalue weighted by Crippen LogP contribution is 2.16. The molecule has 1 N–H and O–H groups in total. The summed E-state index contributed by atoms with van der Waals surface area (Å²) in [5.41, 5.74) is 0. The van der Waals surface area contributed by atoms with Gasteiger partial charge in [-0.05, 0) is 19.3 Å². The molecule has 0 aromatic heterocycles. The van der Waals surface area contributed by atoms with Crippen LogP contribution < -0.4 is 5.32 Å². The largest absolute Gasteiger partial charge is 0.311 e. The van der Waals surface area contributed by atoms with Crippen molar-refractivity contribution in [3.63, 3.8) is 0 Å². The highest BCUT2D eigenvalue weighted by molar-refractivity contribution is 4.84. The highest BCUT2D eigenvalue weighted by atomic mass is 15.2. The first kappa shape index (κ1) is 14.0. The van der Waals surface area contributed by atoms with E-state index in [1.165, 1.54) is 45.3 Å². The molecule has 2 atom stereocenters. The van der Waals surface area contributed by atoms with Gasteiger partial charge in [0.2, 0.25) is 0 Å². The minimum absolute atomic E-state index is 0.716. The maximum atomic E-state index is 3.67. The molecule has 0 bridgehead atoms. The number of nitrogens with zero attached hydrogens (tertiary/aromatic N) is 1. The molecule has 0 saturated carbocycles. The van der Waals surface area contributed by atoms with E-state index in [0.717, 1.165) is 12.0 Å². The molecule has 1 aliphatic rings. The van der Waals surface area contributed by atoms with Crippen molar-refractivity contribution in [3.05, 3.63) is 0 Å². The summed E-state index contributed by atoms with van der Waals surface area (Å²) in [5.74, 6) is 0.892. The third-order valence-electron chi connectivity index (χ3n) is 4.06. The second-order valence-corrected chi connectivity index (χ2v) is 5.38. The van der Waals surface area contributed by atoms with Gasteiger partial charge in [0.15, 0.2) is 0 Å². The Balaban J connectivity index is 2.42. The van der Waals surface area contributed by atoms with Crippen LogP contribution in [0.5, 0.6) is 0 Å². The molecule has 16 heavy (non-hydrogen) atoms. The first-order valence-electron chi connectivity index (χ1n) is 7.18. The zero-order valence-corrected chi connectivity index (χ0v) is 11.6. The van der Waals surface area contributed by atoms with Gasteiger partial charge in [-0.15, -0.1) is 0 Å². The van der Waals surface area contributed by atoms with Crippen molar-refractivity contribution in [2.75, 3.05) is 19.6 Å². The fraction of sp³-hybridized carbons (Fsp3) is 1.00. The van der Waals surface area contributed by atoms with Crippen LogP contribution in [0.1, 0.15) is 53.4 Å². The fourth-order valence-corrected chi connectivity index (χ4v) is 2.67. The average molecular weight is 226 g/mol. The molecular weight excluding hydrogens is 196 g/mol. The topological polar surface area (TPSA) is 15.3 Å². The maximum absolute atomic E-state index is 3.67. The van der Waals surface area contributed by atoms with Crippen LogP contribution in [0.2, 0.25) is 0 Å². The molecule has 0 spiro atoms. The zero-order chi connectivity index (χ0) is 12.0. The van der Waals surface area contributed by atoms with Crippen LogP contribution in [0.4, 0.5) is 0 Å². The second kappa shape index (κ2) is 7.29. The van der Waals surface area contributed by atoms with Crippen LogP contribution in [0, 0.1) is 5.92 Å². The molecule has 1 saturated heterocycles. The van der Waals surface area contributed by atoms with Gasteiger partial charge in [-0.2, -0.15) is 0 Å². The second-order valence-electron chi connectivity index (χ2n) is 5.38. The van der Waals surface area contributed by atoms with Gasteiger partial charge in [0.1, 0.15) is 0 Å². The Hall–Kier alpha value is -0.0800. The van der Waals surface area contributed by atoms with E-state index in [0.29, 0.717) is 6.04 Å². The van der Waals surface area contributed by atoms with Gasteiger partial charge in [-0.3, -0.25) is 4.90 Å². The Labute approximate surface area is 102 Å². The average Bonchev–Trinajstić information content (AvgIpc) is 2.30. The molecule has 0 aromatic rings. The van der Waals surface area contributed by atoms with E-state index in [2.05, 4.69) is 37.9 Å². The van der Waals surface area contributed by atoms with Gasteiger partial charge in [0.05, 0.1) is 0 Å². The van der Waals surface area contributed by atoms with Crippen molar-refractivity contribution in [2.45, 2.75) is 65.5 Å². The van der Waals surface area contributed by atoms with Crippen molar-refractivity contribution in [2.24, 2.45) is 5.92 Å². The Morgan fingerprint density at radius 1 is 1.25 bits per heavy atom. The summed E-state index contributed by atoms with van der Waals surface area (Å²) in [4.78, 5) is 2.70. The predicted octanol–water partition coefficient (Wildman–Crippen LogP) is 2.89. The zero-order valence-electron chi connectivity index (χ0n) is 11.6. The normalized spacial score (nSPS) is 27.6. The molecular formula is C14H30N2. The Morgan fingerprint density at radius 2 is 1.94 bits per heavy atom. The quantitative estimate of drug-likeness (QED) is 0.749. The van der Waals surface area contributed by atoms with Crippen molar-refractivity contribution >= 4 is 0 Å². The first-order chi connectivity index (χ1) is 7.71. The number of piperazine rings is 1. The van der Waals surface area contributed by atoms with Gasteiger partial charge < -0.3 is 5.32 Å². The van der Waals surface area contributed by atoms with Gasteiger partial charge in [-0.25, -0.2) is 0 Å². The summed E-state index contributed by atoms with van der Waals surface area (Å²) < 4.78 is 0. The van der Waals surface area contributed by atoms with Gasteiger partial charge >= 0.3 is 0 Å². The Kier molecular flexibility index (Phi) is 6.37. The minimum atomic E-state index is 0.716. The van der Waals surface area contributed by atoms with Crippen molar-refractivity contribution in [1.82, 2.24) is 10.2 Å². The van der Waals surface area contributed by atoms with Crippen LogP contribution in [0.3, 0.4) is 0 Å². The number of hydrogen-bond donors (Lipinski definition) is 1. The molecule has 0 aliphatic carbocycles. The lowest BCUT2D eigenvalue weighted by atomic mass is 9.99. The van der Waals surface area contributed by atoms with Crippen LogP contribution >= 0.6 is 0 Å². The maximum Gasteiger partial charge on any atom is 0.0195 e. The lowest BCUT2D eigenvalue weighted by Gasteiger charge is -2.40. The summed E-state index contributed by atoms with van der Waals surface area (Å²) in [6.07, 6.45) is 5.27. The molecule has 0 aromatic carbocycles. The summed E-state index contributed by atoms with van der Waals surface area (Å²) in [6.45, 7) is 13.0. The predicted molar refractivity (Wildman–Crippen MR) is 71.8 cm³/mol. The third kappa shape index (κ3) is 4.06. The third-order valence-corrected chi connectivity index (χ3v) is 4.06. The van der Waals surface area contributed by atoms with E-state index in [-0.39, 0.29) is 0 Å². The fourth-order valence-electron chi connectivity index (χ4n) is 2.67. The Morgan fingerprint density at radius 3 is 2.50 bits per heavy atom. The minimum Gasteiger partial charge on any atom is -0.311 e. The van der Waals surface area contributed by atoms with E-state index in [4.69, 9.17) is 0 Å². The van der Waals surface area contributed by atoms with Crippen molar-refractivity contribution < 1.29 is 0 Å². The number of hydrogen-bond acceptors (Lipinski definition) is 2. The van der Waals surface area contributed by atoms with E-state index in [9.17, 15) is 0 Å². The standard InChI is InChI=1S/C14H30N2/c1-5-8-14-11-16(12(4)9-15-14)10-13(6-2)7-3/h12-15H,5-11H2,1-4H3.